The molecule has 0 saturated carbocycles. The number of rotatable bonds is 4. The van der Waals surface area contributed by atoms with Crippen LogP contribution in [0.3, 0.4) is 0 Å². The molecule has 3 heterocycles. The quantitative estimate of drug-likeness (QED) is 0.772. The van der Waals surface area contributed by atoms with E-state index in [-0.39, 0.29) is 19.7 Å². The summed E-state index contributed by atoms with van der Waals surface area (Å²) in [5, 5.41) is 9.59. The van der Waals surface area contributed by atoms with Gasteiger partial charge >= 0.3 is 5.69 Å². The summed E-state index contributed by atoms with van der Waals surface area (Å²) in [6, 6.07) is 0. The third-order valence-corrected chi connectivity index (χ3v) is 5.30. The smallest absolute Gasteiger partial charge is 0.332 e. The number of primary amides is 1. The van der Waals surface area contributed by atoms with Crippen LogP contribution in [0.15, 0.2) is 9.59 Å². The van der Waals surface area contributed by atoms with Crippen molar-refractivity contribution in [3.8, 4) is 0 Å². The van der Waals surface area contributed by atoms with Crippen molar-refractivity contribution in [2.45, 2.75) is 45.6 Å². The largest absolute Gasteiger partial charge is 0.395 e. The van der Waals surface area contributed by atoms with Crippen LogP contribution in [0.2, 0.25) is 0 Å². The average molecular weight is 353 g/mol. The van der Waals surface area contributed by atoms with E-state index in [4.69, 9.17) is 15.6 Å². The number of amides is 1. The Morgan fingerprint density at radius 2 is 2.08 bits per heavy atom. The van der Waals surface area contributed by atoms with Crippen molar-refractivity contribution in [3.63, 3.8) is 0 Å². The van der Waals surface area contributed by atoms with Crippen LogP contribution in [-0.4, -0.2) is 32.4 Å². The lowest BCUT2D eigenvalue weighted by Crippen LogP contribution is -2.42. The minimum Gasteiger partial charge on any atom is -0.395 e. The van der Waals surface area contributed by atoms with Gasteiger partial charge in [-0.15, -0.1) is 11.3 Å². The molecule has 24 heavy (non-hydrogen) atoms. The number of nitrogens with zero attached hydrogens (tertiary/aromatic N) is 2. The Balaban J connectivity index is 2.38. The van der Waals surface area contributed by atoms with Gasteiger partial charge < -0.3 is 15.6 Å². The molecule has 0 fully saturated rings. The normalized spacial score (nSPS) is 16.3. The zero-order chi connectivity index (χ0) is 17.6. The van der Waals surface area contributed by atoms with Gasteiger partial charge in [-0.25, -0.2) is 4.79 Å². The summed E-state index contributed by atoms with van der Waals surface area (Å²) in [6.45, 7) is 3.43. The average Bonchev–Trinajstić information content (AvgIpc) is 2.85. The lowest BCUT2D eigenvalue weighted by Gasteiger charge is -2.29. The molecular weight excluding hydrogens is 334 g/mol. The van der Waals surface area contributed by atoms with Gasteiger partial charge in [0, 0.05) is 11.3 Å². The summed E-state index contributed by atoms with van der Waals surface area (Å²) < 4.78 is 7.94. The van der Waals surface area contributed by atoms with Crippen molar-refractivity contribution in [3.05, 3.63) is 31.3 Å². The van der Waals surface area contributed by atoms with Crippen LogP contribution in [0, 0.1) is 0 Å². The molecule has 1 amide bonds. The molecule has 2 aromatic heterocycles. The Kier molecular flexibility index (Phi) is 4.10. The molecule has 0 unspecified atom stereocenters. The van der Waals surface area contributed by atoms with E-state index in [1.54, 1.807) is 0 Å². The van der Waals surface area contributed by atoms with Gasteiger partial charge in [0.15, 0.2) is 0 Å². The Morgan fingerprint density at radius 1 is 1.38 bits per heavy atom. The molecule has 0 spiro atoms. The van der Waals surface area contributed by atoms with E-state index in [0.717, 1.165) is 15.0 Å². The standard InChI is InChI=1S/C15H19N3O5S/c1-15(2)5-8-9(7-23-15)24-13-11(8)12(21)17(3-4-19)14(22)18(13)6-10(16)20/h19H,3-7H2,1-2H3,(H2,16,20). The van der Waals surface area contributed by atoms with Crippen LogP contribution >= 0.6 is 11.3 Å². The van der Waals surface area contributed by atoms with Gasteiger partial charge in [-0.3, -0.25) is 18.7 Å². The predicted molar refractivity (Wildman–Crippen MR) is 89.2 cm³/mol. The summed E-state index contributed by atoms with van der Waals surface area (Å²) in [6.07, 6.45) is 0.533. The molecule has 3 N–H and O–H groups in total. The predicted octanol–water partition coefficient (Wildman–Crippen LogP) is -0.446. The van der Waals surface area contributed by atoms with E-state index < -0.39 is 22.8 Å². The minimum atomic E-state index is -0.671. The lowest BCUT2D eigenvalue weighted by molar-refractivity contribution is -0.118. The zero-order valence-corrected chi connectivity index (χ0v) is 14.3. The monoisotopic (exact) mass is 353 g/mol. The number of carbonyl (C=O) groups is 1. The van der Waals surface area contributed by atoms with Crippen LogP contribution in [0.25, 0.3) is 10.2 Å². The van der Waals surface area contributed by atoms with Gasteiger partial charge in [-0.1, -0.05) is 0 Å². The topological polar surface area (TPSA) is 117 Å². The van der Waals surface area contributed by atoms with Gasteiger partial charge in [0.2, 0.25) is 5.91 Å². The van der Waals surface area contributed by atoms with E-state index in [1.165, 1.54) is 15.9 Å². The van der Waals surface area contributed by atoms with Crippen molar-refractivity contribution in [1.29, 1.82) is 0 Å². The summed E-state index contributed by atoms with van der Waals surface area (Å²) in [5.74, 6) is -0.671. The van der Waals surface area contributed by atoms with Crippen molar-refractivity contribution in [1.82, 2.24) is 9.13 Å². The van der Waals surface area contributed by atoms with Crippen LogP contribution in [0.4, 0.5) is 0 Å². The molecule has 8 nitrogen and oxygen atoms in total. The molecule has 3 rings (SSSR count). The minimum absolute atomic E-state index is 0.128. The van der Waals surface area contributed by atoms with Crippen LogP contribution < -0.4 is 17.0 Å². The maximum Gasteiger partial charge on any atom is 0.332 e. The van der Waals surface area contributed by atoms with Crippen LogP contribution in [0.1, 0.15) is 24.3 Å². The van der Waals surface area contributed by atoms with E-state index in [9.17, 15) is 14.4 Å². The highest BCUT2D eigenvalue weighted by atomic mass is 32.1. The summed E-state index contributed by atoms with van der Waals surface area (Å²) >= 11 is 1.28. The van der Waals surface area contributed by atoms with Gasteiger partial charge in [-0.2, -0.15) is 0 Å². The molecule has 130 valence electrons. The Bertz CT molecular complexity index is 937. The van der Waals surface area contributed by atoms with E-state index in [2.05, 4.69) is 0 Å². The van der Waals surface area contributed by atoms with Crippen molar-refractivity contribution < 1.29 is 14.6 Å². The number of aromatic nitrogens is 2. The first-order valence-corrected chi connectivity index (χ1v) is 8.38. The molecule has 9 heteroatoms. The Labute approximate surface area is 141 Å². The summed E-state index contributed by atoms with van der Waals surface area (Å²) in [7, 11) is 0. The molecular formula is C15H19N3O5S. The fraction of sp³-hybridized carbons (Fsp3) is 0.533. The van der Waals surface area contributed by atoms with Crippen LogP contribution in [0.5, 0.6) is 0 Å². The molecule has 1 aliphatic rings. The molecule has 0 aliphatic carbocycles. The number of ether oxygens (including phenoxy) is 1. The summed E-state index contributed by atoms with van der Waals surface area (Å²) in [5.41, 5.74) is 4.60. The fourth-order valence-electron chi connectivity index (χ4n) is 3.00. The first-order chi connectivity index (χ1) is 11.2. The second kappa shape index (κ2) is 5.83. The number of fused-ring (bicyclic) bond motifs is 3. The van der Waals surface area contributed by atoms with Crippen molar-refractivity contribution in [2.75, 3.05) is 6.61 Å². The SMILES string of the molecule is CC1(C)Cc2c(sc3c2c(=O)n(CCO)c(=O)n3CC(N)=O)CO1. The highest BCUT2D eigenvalue weighted by Crippen LogP contribution is 2.37. The number of aliphatic hydroxyl groups is 1. The third-order valence-electron chi connectivity index (χ3n) is 4.07. The first-order valence-electron chi connectivity index (χ1n) is 7.56. The molecule has 0 radical (unpaired) electrons. The zero-order valence-electron chi connectivity index (χ0n) is 13.5. The molecule has 1 aliphatic heterocycles. The fourth-order valence-corrected chi connectivity index (χ4v) is 4.21. The van der Waals surface area contributed by atoms with Gasteiger partial charge in [-0.05, 0) is 19.4 Å². The van der Waals surface area contributed by atoms with Crippen molar-refractivity contribution >= 4 is 27.5 Å². The molecule has 0 aromatic carbocycles. The highest BCUT2D eigenvalue weighted by Gasteiger charge is 2.32. The van der Waals surface area contributed by atoms with Gasteiger partial charge in [0.05, 0.1) is 30.7 Å². The van der Waals surface area contributed by atoms with E-state index in [0.29, 0.717) is 23.2 Å². The number of carbonyl (C=O) groups excluding carboxylic acids is 1. The third kappa shape index (κ3) is 2.68. The van der Waals surface area contributed by atoms with E-state index in [1.807, 2.05) is 13.8 Å². The molecule has 2 aromatic rings. The molecule has 0 atom stereocenters. The molecule has 0 bridgehead atoms. The maximum absolute atomic E-state index is 12.8. The number of nitrogens with two attached hydrogens (primary N) is 1. The Morgan fingerprint density at radius 3 is 2.71 bits per heavy atom. The molecule has 0 saturated heterocycles. The first kappa shape index (κ1) is 16.9. The van der Waals surface area contributed by atoms with Gasteiger partial charge in [0.25, 0.3) is 5.56 Å². The second-order valence-electron chi connectivity index (χ2n) is 6.42. The second-order valence-corrected chi connectivity index (χ2v) is 7.51. The van der Waals surface area contributed by atoms with Crippen molar-refractivity contribution in [2.24, 2.45) is 5.73 Å². The highest BCUT2D eigenvalue weighted by molar-refractivity contribution is 7.18. The maximum atomic E-state index is 12.8. The summed E-state index contributed by atoms with van der Waals surface area (Å²) in [4.78, 5) is 38.0. The van der Waals surface area contributed by atoms with Crippen LogP contribution in [-0.2, 0) is 35.6 Å². The lowest BCUT2D eigenvalue weighted by atomic mass is 9.94. The number of hydrogen-bond acceptors (Lipinski definition) is 6. The van der Waals surface area contributed by atoms with E-state index >= 15 is 0 Å². The van der Waals surface area contributed by atoms with Gasteiger partial charge in [0.1, 0.15) is 11.4 Å². The number of hydrogen-bond donors (Lipinski definition) is 2. The Hall–Kier alpha value is -1.97. The number of thiophene rings is 1. The number of aliphatic hydroxyl groups excluding tert-OH is 1.